The molecule has 1 N–H and O–H groups in total. The van der Waals surface area contributed by atoms with E-state index < -0.39 is 5.97 Å². The number of methoxy groups -OCH3 is 1. The van der Waals surface area contributed by atoms with Gasteiger partial charge in [-0.2, -0.15) is 0 Å². The highest BCUT2D eigenvalue weighted by Gasteiger charge is 2.06. The standard InChI is InChI=1S/C15H12O4/c1-19-15(18)13-8-4-11(5-9-13)10-2-6-12(7-3-10)14(16)17/h2-9H,1H3,(H,16,17). The van der Waals surface area contributed by atoms with Crippen LogP contribution in [-0.2, 0) is 4.74 Å². The summed E-state index contributed by atoms with van der Waals surface area (Å²) in [6.07, 6.45) is 0. The highest BCUT2D eigenvalue weighted by Crippen LogP contribution is 2.20. The van der Waals surface area contributed by atoms with Gasteiger partial charge in [-0.15, -0.1) is 0 Å². The molecule has 0 amide bonds. The van der Waals surface area contributed by atoms with Crippen molar-refractivity contribution >= 4 is 11.9 Å². The predicted molar refractivity (Wildman–Crippen MR) is 70.2 cm³/mol. The Bertz CT molecular complexity index is 597. The maximum absolute atomic E-state index is 11.3. The first-order valence-corrected chi connectivity index (χ1v) is 5.64. The van der Waals surface area contributed by atoms with Gasteiger partial charge in [0.15, 0.2) is 0 Å². The number of hydrogen-bond acceptors (Lipinski definition) is 3. The van der Waals surface area contributed by atoms with Crippen LogP contribution in [0, 0.1) is 0 Å². The summed E-state index contributed by atoms with van der Waals surface area (Å²) in [5.74, 6) is -1.33. The van der Waals surface area contributed by atoms with Crippen molar-refractivity contribution in [2.45, 2.75) is 0 Å². The zero-order valence-electron chi connectivity index (χ0n) is 10.3. The van der Waals surface area contributed by atoms with Gasteiger partial charge in [-0.1, -0.05) is 24.3 Å². The molecule has 4 heteroatoms. The third-order valence-electron chi connectivity index (χ3n) is 2.77. The van der Waals surface area contributed by atoms with Crippen LogP contribution >= 0.6 is 0 Å². The summed E-state index contributed by atoms with van der Waals surface area (Å²) in [6, 6.07) is 13.5. The number of carboxylic acids is 1. The lowest BCUT2D eigenvalue weighted by Crippen LogP contribution is -2.00. The SMILES string of the molecule is COC(=O)c1ccc(-c2ccc(C(=O)O)cc2)cc1. The minimum atomic E-state index is -0.951. The Hall–Kier alpha value is -2.62. The highest BCUT2D eigenvalue weighted by molar-refractivity contribution is 5.90. The van der Waals surface area contributed by atoms with Gasteiger partial charge in [0.2, 0.25) is 0 Å². The molecule has 0 aliphatic rings. The average Bonchev–Trinajstić information content (AvgIpc) is 2.46. The maximum atomic E-state index is 11.3. The molecule has 96 valence electrons. The Balaban J connectivity index is 2.27. The molecule has 2 aromatic carbocycles. The van der Waals surface area contributed by atoms with E-state index >= 15 is 0 Å². The zero-order valence-corrected chi connectivity index (χ0v) is 10.3. The molecular formula is C15H12O4. The third-order valence-corrected chi connectivity index (χ3v) is 2.77. The second kappa shape index (κ2) is 5.35. The topological polar surface area (TPSA) is 63.6 Å². The highest BCUT2D eigenvalue weighted by atomic mass is 16.5. The fourth-order valence-corrected chi connectivity index (χ4v) is 1.72. The van der Waals surface area contributed by atoms with Crippen molar-refractivity contribution in [2.24, 2.45) is 0 Å². The van der Waals surface area contributed by atoms with Crippen LogP contribution in [0.15, 0.2) is 48.5 Å². The second-order valence-corrected chi connectivity index (χ2v) is 3.95. The van der Waals surface area contributed by atoms with E-state index in [4.69, 9.17) is 5.11 Å². The van der Waals surface area contributed by atoms with Crippen LogP contribution in [-0.4, -0.2) is 24.2 Å². The van der Waals surface area contributed by atoms with Gasteiger partial charge in [-0.3, -0.25) is 0 Å². The second-order valence-electron chi connectivity index (χ2n) is 3.95. The van der Waals surface area contributed by atoms with E-state index in [1.165, 1.54) is 7.11 Å². The van der Waals surface area contributed by atoms with Crippen molar-refractivity contribution in [3.8, 4) is 11.1 Å². The van der Waals surface area contributed by atoms with Gasteiger partial charge in [0, 0.05) is 0 Å². The number of hydrogen-bond donors (Lipinski definition) is 1. The monoisotopic (exact) mass is 256 g/mol. The van der Waals surface area contributed by atoms with E-state index in [9.17, 15) is 9.59 Å². The number of esters is 1. The predicted octanol–water partition coefficient (Wildman–Crippen LogP) is 2.84. The molecule has 0 unspecified atom stereocenters. The lowest BCUT2D eigenvalue weighted by Gasteiger charge is -2.04. The van der Waals surface area contributed by atoms with Crippen LogP contribution in [0.1, 0.15) is 20.7 Å². The van der Waals surface area contributed by atoms with Gasteiger partial charge < -0.3 is 9.84 Å². The van der Waals surface area contributed by atoms with Crippen LogP contribution < -0.4 is 0 Å². The Kier molecular flexibility index (Phi) is 3.61. The molecule has 0 heterocycles. The zero-order chi connectivity index (χ0) is 13.8. The molecule has 0 atom stereocenters. The van der Waals surface area contributed by atoms with E-state index in [0.717, 1.165) is 11.1 Å². The summed E-state index contributed by atoms with van der Waals surface area (Å²) in [6.45, 7) is 0. The smallest absolute Gasteiger partial charge is 0.337 e. The van der Waals surface area contributed by atoms with Gasteiger partial charge in [-0.25, -0.2) is 9.59 Å². The quantitative estimate of drug-likeness (QED) is 0.858. The van der Waals surface area contributed by atoms with Crippen LogP contribution in [0.3, 0.4) is 0 Å². The molecule has 0 fully saturated rings. The summed E-state index contributed by atoms with van der Waals surface area (Å²) in [5.41, 5.74) is 2.52. The van der Waals surface area contributed by atoms with E-state index in [0.29, 0.717) is 5.56 Å². The fraction of sp³-hybridized carbons (Fsp3) is 0.0667. The van der Waals surface area contributed by atoms with Crippen molar-refractivity contribution < 1.29 is 19.4 Å². The Morgan fingerprint density at radius 2 is 1.26 bits per heavy atom. The molecule has 2 aromatic rings. The van der Waals surface area contributed by atoms with Crippen LogP contribution in [0.25, 0.3) is 11.1 Å². The molecule has 0 bridgehead atoms. The van der Waals surface area contributed by atoms with E-state index in [2.05, 4.69) is 4.74 Å². The molecule has 0 aromatic heterocycles. The largest absolute Gasteiger partial charge is 0.478 e. The molecule has 0 saturated carbocycles. The summed E-state index contributed by atoms with van der Waals surface area (Å²) >= 11 is 0. The number of aromatic carboxylic acids is 1. The van der Waals surface area contributed by atoms with Gasteiger partial charge in [-0.05, 0) is 35.4 Å². The normalized spacial score (nSPS) is 9.95. The van der Waals surface area contributed by atoms with Crippen LogP contribution in [0.5, 0.6) is 0 Å². The van der Waals surface area contributed by atoms with E-state index in [1.807, 2.05) is 0 Å². The van der Waals surface area contributed by atoms with E-state index in [1.54, 1.807) is 48.5 Å². The molecular weight excluding hydrogens is 244 g/mol. The fourth-order valence-electron chi connectivity index (χ4n) is 1.72. The van der Waals surface area contributed by atoms with Gasteiger partial charge in [0.25, 0.3) is 0 Å². The summed E-state index contributed by atoms with van der Waals surface area (Å²) in [5, 5.41) is 8.82. The molecule has 0 aliphatic carbocycles. The van der Waals surface area contributed by atoms with Gasteiger partial charge in [0.05, 0.1) is 18.2 Å². The van der Waals surface area contributed by atoms with Crippen molar-refractivity contribution in [1.82, 2.24) is 0 Å². The minimum absolute atomic E-state index is 0.245. The van der Waals surface area contributed by atoms with Gasteiger partial charge in [0.1, 0.15) is 0 Å². The van der Waals surface area contributed by atoms with E-state index in [-0.39, 0.29) is 11.5 Å². The van der Waals surface area contributed by atoms with Crippen molar-refractivity contribution in [3.63, 3.8) is 0 Å². The summed E-state index contributed by atoms with van der Waals surface area (Å²) in [7, 11) is 1.33. The molecule has 0 radical (unpaired) electrons. The van der Waals surface area contributed by atoms with Crippen molar-refractivity contribution in [1.29, 1.82) is 0 Å². The maximum Gasteiger partial charge on any atom is 0.337 e. The summed E-state index contributed by atoms with van der Waals surface area (Å²) in [4.78, 5) is 22.0. The summed E-state index contributed by atoms with van der Waals surface area (Å²) < 4.78 is 4.62. The van der Waals surface area contributed by atoms with Gasteiger partial charge >= 0.3 is 11.9 Å². The number of benzene rings is 2. The first-order valence-electron chi connectivity index (χ1n) is 5.64. The minimum Gasteiger partial charge on any atom is -0.478 e. The first-order chi connectivity index (χ1) is 9.11. The Morgan fingerprint density at radius 3 is 1.63 bits per heavy atom. The molecule has 0 spiro atoms. The Labute approximate surface area is 110 Å². The lowest BCUT2D eigenvalue weighted by molar-refractivity contribution is 0.0600. The number of ether oxygens (including phenoxy) is 1. The molecule has 0 saturated heterocycles. The Morgan fingerprint density at radius 1 is 0.842 bits per heavy atom. The number of rotatable bonds is 3. The first kappa shape index (κ1) is 12.8. The molecule has 4 nitrogen and oxygen atoms in total. The van der Waals surface area contributed by atoms with Crippen molar-refractivity contribution in [3.05, 3.63) is 59.7 Å². The molecule has 2 rings (SSSR count). The number of carbonyl (C=O) groups excluding carboxylic acids is 1. The molecule has 0 aliphatic heterocycles. The lowest BCUT2D eigenvalue weighted by atomic mass is 10.0. The number of carboxylic acid groups (broad SMARTS) is 1. The van der Waals surface area contributed by atoms with Crippen LogP contribution in [0.4, 0.5) is 0 Å². The molecule has 19 heavy (non-hydrogen) atoms. The number of carbonyl (C=O) groups is 2. The average molecular weight is 256 g/mol. The van der Waals surface area contributed by atoms with Crippen LogP contribution in [0.2, 0.25) is 0 Å². The third kappa shape index (κ3) is 2.80. The van der Waals surface area contributed by atoms with Crippen molar-refractivity contribution in [2.75, 3.05) is 7.11 Å².